The third-order valence-corrected chi connectivity index (χ3v) is 2.47. The van der Waals surface area contributed by atoms with E-state index in [0.717, 1.165) is 38.6 Å². The Labute approximate surface area is 110 Å². The highest BCUT2D eigenvalue weighted by molar-refractivity contribution is 8.93. The van der Waals surface area contributed by atoms with E-state index in [1.165, 1.54) is 11.8 Å². The number of amidine groups is 1. The van der Waals surface area contributed by atoms with E-state index >= 15 is 0 Å². The van der Waals surface area contributed by atoms with Crippen LogP contribution in [0.25, 0.3) is 0 Å². The quantitative estimate of drug-likeness (QED) is 0.591. The molecule has 1 fully saturated rings. The van der Waals surface area contributed by atoms with Crippen molar-refractivity contribution in [1.82, 2.24) is 4.90 Å². The van der Waals surface area contributed by atoms with E-state index in [0.29, 0.717) is 0 Å². The van der Waals surface area contributed by atoms with E-state index in [-0.39, 0.29) is 39.1 Å². The lowest BCUT2D eigenvalue weighted by atomic mass is 10.4. The predicted octanol–water partition coefficient (Wildman–Crippen LogP) is 1.10. The van der Waals surface area contributed by atoms with E-state index in [1.54, 1.807) is 0 Å². The number of rotatable bonds is 3. The number of nitrogens with zero attached hydrogens (tertiary/aromatic N) is 1. The second-order valence-electron chi connectivity index (χ2n) is 2.67. The van der Waals surface area contributed by atoms with E-state index in [1.807, 2.05) is 0 Å². The second-order valence-corrected chi connectivity index (χ2v) is 3.80. The van der Waals surface area contributed by atoms with Crippen molar-refractivity contribution < 1.29 is 4.74 Å². The van der Waals surface area contributed by atoms with Crippen LogP contribution in [0.5, 0.6) is 0 Å². The zero-order valence-corrected chi connectivity index (χ0v) is 12.1. The van der Waals surface area contributed by atoms with E-state index < -0.39 is 0 Å². The van der Waals surface area contributed by atoms with Crippen LogP contribution in [0.3, 0.4) is 0 Å². The maximum Gasteiger partial charge on any atom is 0.151 e. The zero-order chi connectivity index (χ0) is 8.81. The van der Waals surface area contributed by atoms with Gasteiger partial charge in [-0.3, -0.25) is 10.3 Å². The molecule has 0 spiro atoms. The van der Waals surface area contributed by atoms with Crippen molar-refractivity contribution in [3.05, 3.63) is 0 Å². The number of ether oxygens (including phenoxy) is 1. The molecule has 86 valence electrons. The fraction of sp³-hybridized carbons (Fsp3) is 0.857. The molecule has 1 rings (SSSR count). The molecule has 3 N–H and O–H groups in total. The second kappa shape index (κ2) is 10.2. The van der Waals surface area contributed by atoms with Crippen molar-refractivity contribution in [3.63, 3.8) is 0 Å². The molecule has 0 unspecified atom stereocenters. The molecule has 7 heteroatoms. The molecule has 0 radical (unpaired) electrons. The third-order valence-electron chi connectivity index (χ3n) is 1.77. The lowest BCUT2D eigenvalue weighted by Gasteiger charge is -2.26. The van der Waals surface area contributed by atoms with Gasteiger partial charge in [0, 0.05) is 25.4 Å². The van der Waals surface area contributed by atoms with Gasteiger partial charge in [-0.1, -0.05) is 11.8 Å². The first-order valence-electron chi connectivity index (χ1n) is 4.06. The molecule has 0 atom stereocenters. The van der Waals surface area contributed by atoms with Gasteiger partial charge in [0.05, 0.1) is 13.2 Å². The number of nitrogens with two attached hydrogens (primary N) is 1. The first-order chi connectivity index (χ1) is 5.79. The number of hydrogen-bond acceptors (Lipinski definition) is 4. The molecule has 0 bridgehead atoms. The number of halogens is 2. The topological polar surface area (TPSA) is 62.3 Å². The Morgan fingerprint density at radius 1 is 1.36 bits per heavy atom. The van der Waals surface area contributed by atoms with Crippen LogP contribution in [-0.2, 0) is 4.74 Å². The number of morpholine rings is 1. The molecule has 14 heavy (non-hydrogen) atoms. The summed E-state index contributed by atoms with van der Waals surface area (Å²) in [6, 6.07) is 0. The minimum Gasteiger partial charge on any atom is -0.379 e. The number of hydrogen-bond donors (Lipinski definition) is 2. The van der Waals surface area contributed by atoms with Crippen molar-refractivity contribution in [2.45, 2.75) is 0 Å². The minimum atomic E-state index is 0. The average molecular weight is 351 g/mol. The molecular weight excluding hydrogens is 334 g/mol. The van der Waals surface area contributed by atoms with Gasteiger partial charge in [-0.15, -0.1) is 34.0 Å². The smallest absolute Gasteiger partial charge is 0.151 e. The summed E-state index contributed by atoms with van der Waals surface area (Å²) in [5.74, 6) is 0.912. The maximum atomic E-state index is 7.01. The summed E-state index contributed by atoms with van der Waals surface area (Å²) in [7, 11) is 0. The van der Waals surface area contributed by atoms with E-state index in [4.69, 9.17) is 15.9 Å². The summed E-state index contributed by atoms with van der Waals surface area (Å²) in [5, 5.41) is 7.22. The summed E-state index contributed by atoms with van der Waals surface area (Å²) in [6.45, 7) is 4.71. The third kappa shape index (κ3) is 8.05. The van der Waals surface area contributed by atoms with Crippen LogP contribution < -0.4 is 5.73 Å². The monoisotopic (exact) mass is 349 g/mol. The van der Waals surface area contributed by atoms with Gasteiger partial charge in [0.2, 0.25) is 0 Å². The molecule has 0 amide bonds. The zero-order valence-electron chi connectivity index (χ0n) is 7.90. The van der Waals surface area contributed by atoms with Crippen molar-refractivity contribution in [1.29, 1.82) is 5.41 Å². The van der Waals surface area contributed by atoms with Gasteiger partial charge < -0.3 is 10.5 Å². The van der Waals surface area contributed by atoms with Crippen molar-refractivity contribution in [3.8, 4) is 0 Å². The van der Waals surface area contributed by atoms with Crippen LogP contribution in [0.4, 0.5) is 0 Å². The van der Waals surface area contributed by atoms with Crippen molar-refractivity contribution in [2.24, 2.45) is 5.73 Å². The highest BCUT2D eigenvalue weighted by atomic mass is 79.9. The molecule has 1 saturated heterocycles. The Hall–Kier alpha value is 0.700. The van der Waals surface area contributed by atoms with Gasteiger partial charge in [-0.2, -0.15) is 0 Å². The molecule has 1 heterocycles. The molecule has 1 aliphatic heterocycles. The fourth-order valence-corrected chi connectivity index (χ4v) is 1.68. The van der Waals surface area contributed by atoms with Gasteiger partial charge in [0.25, 0.3) is 0 Å². The van der Waals surface area contributed by atoms with E-state index in [2.05, 4.69) is 4.90 Å². The van der Waals surface area contributed by atoms with Gasteiger partial charge in [-0.25, -0.2) is 0 Å². The molecule has 0 aromatic heterocycles. The van der Waals surface area contributed by atoms with Crippen LogP contribution in [-0.4, -0.2) is 48.7 Å². The standard InChI is InChI=1S/C7H15N3OS.2BrH/c8-7(9)12-6-3-10-1-4-11-5-2-10;;/h1-6H2,(H3,8,9);2*1H. The number of nitrogens with one attached hydrogen (secondary N) is 1. The Bertz CT molecular complexity index is 156. The first kappa shape index (κ1) is 17.1. The van der Waals surface area contributed by atoms with Crippen molar-refractivity contribution >= 4 is 50.9 Å². The maximum absolute atomic E-state index is 7.01. The molecule has 0 aliphatic carbocycles. The molecule has 0 aromatic rings. The Morgan fingerprint density at radius 3 is 2.43 bits per heavy atom. The Balaban J connectivity index is 0. The lowest BCUT2D eigenvalue weighted by molar-refractivity contribution is 0.0410. The van der Waals surface area contributed by atoms with Gasteiger partial charge in [-0.05, 0) is 0 Å². The summed E-state index contributed by atoms with van der Waals surface area (Å²) in [6.07, 6.45) is 0. The lowest BCUT2D eigenvalue weighted by Crippen LogP contribution is -2.37. The Kier molecular flexibility index (Phi) is 12.5. The largest absolute Gasteiger partial charge is 0.379 e. The normalized spacial score (nSPS) is 16.6. The summed E-state index contributed by atoms with van der Waals surface area (Å²) >= 11 is 1.40. The average Bonchev–Trinajstić information content (AvgIpc) is 2.05. The fourth-order valence-electron chi connectivity index (χ4n) is 1.11. The predicted molar refractivity (Wildman–Crippen MR) is 72.3 cm³/mol. The van der Waals surface area contributed by atoms with Crippen LogP contribution in [0, 0.1) is 5.41 Å². The summed E-state index contributed by atoms with van der Waals surface area (Å²) in [4.78, 5) is 2.33. The molecular formula is C7H17Br2N3OS. The molecule has 0 aromatic carbocycles. The molecule has 1 aliphatic rings. The van der Waals surface area contributed by atoms with Crippen LogP contribution in [0.15, 0.2) is 0 Å². The van der Waals surface area contributed by atoms with Gasteiger partial charge in [0.15, 0.2) is 5.17 Å². The van der Waals surface area contributed by atoms with Gasteiger partial charge >= 0.3 is 0 Å². The molecule has 0 saturated carbocycles. The van der Waals surface area contributed by atoms with Crippen LogP contribution in [0.1, 0.15) is 0 Å². The van der Waals surface area contributed by atoms with Crippen LogP contribution in [0.2, 0.25) is 0 Å². The summed E-state index contributed by atoms with van der Waals surface area (Å²) < 4.78 is 5.21. The highest BCUT2D eigenvalue weighted by Crippen LogP contribution is 2.01. The molecule has 4 nitrogen and oxygen atoms in total. The Morgan fingerprint density at radius 2 is 1.93 bits per heavy atom. The van der Waals surface area contributed by atoms with Gasteiger partial charge in [0.1, 0.15) is 0 Å². The van der Waals surface area contributed by atoms with Crippen molar-refractivity contribution in [2.75, 3.05) is 38.6 Å². The number of thioether (sulfide) groups is 1. The minimum absolute atomic E-state index is 0. The van der Waals surface area contributed by atoms with E-state index in [9.17, 15) is 0 Å². The summed E-state index contributed by atoms with van der Waals surface area (Å²) in [5.41, 5.74) is 5.21. The SMILES string of the molecule is Br.Br.N=C(N)SCCN1CCOCC1. The first-order valence-corrected chi connectivity index (χ1v) is 5.04. The highest BCUT2D eigenvalue weighted by Gasteiger charge is 2.09. The van der Waals surface area contributed by atoms with Crippen LogP contribution >= 0.6 is 45.7 Å².